The molecular weight excluding hydrogens is 406 g/mol. The number of nitrogens with one attached hydrogen (secondary N) is 1. The van der Waals surface area contributed by atoms with E-state index in [0.29, 0.717) is 24.7 Å². The van der Waals surface area contributed by atoms with Crippen LogP contribution < -0.4 is 5.56 Å². The van der Waals surface area contributed by atoms with Gasteiger partial charge in [0.05, 0.1) is 17.4 Å². The molecule has 1 fully saturated rings. The number of carboxylic acids is 2. The minimum absolute atomic E-state index is 0.122. The predicted octanol–water partition coefficient (Wildman–Crippen LogP) is 0.828. The Balaban J connectivity index is 0.000000401. The summed E-state index contributed by atoms with van der Waals surface area (Å²) in [5, 5.41) is 20.9. The first-order valence-corrected chi connectivity index (χ1v) is 9.56. The highest BCUT2D eigenvalue weighted by Gasteiger charge is 2.25. The molecule has 162 valence electrons. The number of aromatic nitrogens is 4. The minimum atomic E-state index is -1.82. The second-order valence-electron chi connectivity index (χ2n) is 7.04. The highest BCUT2D eigenvalue weighted by atomic mass is 16.4. The lowest BCUT2D eigenvalue weighted by Crippen LogP contribution is -2.39. The van der Waals surface area contributed by atoms with Gasteiger partial charge in [-0.25, -0.2) is 19.7 Å². The number of nitrogens with zero attached hydrogens (tertiary/aromatic N) is 4. The van der Waals surface area contributed by atoms with Crippen molar-refractivity contribution in [2.45, 2.75) is 19.4 Å². The molecule has 1 saturated heterocycles. The summed E-state index contributed by atoms with van der Waals surface area (Å²) < 4.78 is 2.20. The number of piperidine rings is 1. The Hall–Kier alpha value is -4.02. The maximum atomic E-state index is 12.4. The van der Waals surface area contributed by atoms with Crippen LogP contribution in [-0.4, -0.2) is 65.8 Å². The van der Waals surface area contributed by atoms with E-state index >= 15 is 0 Å². The molecule has 3 heterocycles. The summed E-state index contributed by atoms with van der Waals surface area (Å²) in [4.78, 5) is 47.9. The van der Waals surface area contributed by atoms with Crippen LogP contribution in [0, 0.1) is 5.92 Å². The molecule has 3 aromatic rings. The molecule has 0 atom stereocenters. The molecule has 4 rings (SSSR count). The topological polar surface area (TPSA) is 158 Å². The van der Waals surface area contributed by atoms with Crippen molar-refractivity contribution >= 4 is 28.9 Å². The number of H-pyrrole nitrogens is 1. The minimum Gasteiger partial charge on any atom is -0.473 e. The fourth-order valence-electron chi connectivity index (χ4n) is 3.38. The summed E-state index contributed by atoms with van der Waals surface area (Å²) in [6.45, 7) is 2.33. The number of amides is 1. The van der Waals surface area contributed by atoms with Crippen molar-refractivity contribution in [3.8, 4) is 0 Å². The number of benzene rings is 1. The molecule has 0 radical (unpaired) electrons. The van der Waals surface area contributed by atoms with Crippen LogP contribution in [0.4, 0.5) is 0 Å². The zero-order valence-electron chi connectivity index (χ0n) is 16.5. The quantitative estimate of drug-likeness (QED) is 0.518. The van der Waals surface area contributed by atoms with Crippen LogP contribution in [-0.2, 0) is 16.1 Å². The van der Waals surface area contributed by atoms with Crippen LogP contribution >= 0.6 is 0 Å². The molecule has 3 N–H and O–H groups in total. The Morgan fingerprint density at radius 1 is 1.03 bits per heavy atom. The van der Waals surface area contributed by atoms with Gasteiger partial charge in [0.2, 0.25) is 0 Å². The summed E-state index contributed by atoms with van der Waals surface area (Å²) in [5.41, 5.74) is 2.15. The van der Waals surface area contributed by atoms with Gasteiger partial charge in [0.15, 0.2) is 0 Å². The first-order valence-electron chi connectivity index (χ1n) is 9.56. The number of carboxylic acid groups (broad SMARTS) is 2. The predicted molar refractivity (Wildman–Crippen MR) is 108 cm³/mol. The van der Waals surface area contributed by atoms with E-state index in [9.17, 15) is 9.59 Å². The number of imidazole rings is 1. The van der Waals surface area contributed by atoms with Crippen molar-refractivity contribution in [3.05, 3.63) is 58.8 Å². The number of carbonyl (C=O) groups excluding carboxylic acids is 1. The number of hydrogen-bond donors (Lipinski definition) is 3. The van der Waals surface area contributed by atoms with Crippen molar-refractivity contribution < 1.29 is 24.6 Å². The van der Waals surface area contributed by atoms with Crippen LogP contribution in [0.3, 0.4) is 0 Å². The lowest BCUT2D eigenvalue weighted by molar-refractivity contribution is -0.159. The Kier molecular flexibility index (Phi) is 6.75. The van der Waals surface area contributed by atoms with Gasteiger partial charge in [-0.3, -0.25) is 9.59 Å². The summed E-state index contributed by atoms with van der Waals surface area (Å²) in [5.74, 6) is -3.25. The van der Waals surface area contributed by atoms with Crippen LogP contribution in [0.1, 0.15) is 23.3 Å². The zero-order valence-corrected chi connectivity index (χ0v) is 16.5. The summed E-state index contributed by atoms with van der Waals surface area (Å²) in [7, 11) is 0. The molecule has 31 heavy (non-hydrogen) atoms. The van der Waals surface area contributed by atoms with Gasteiger partial charge in [-0.1, -0.05) is 12.1 Å². The van der Waals surface area contributed by atoms with Gasteiger partial charge >= 0.3 is 11.9 Å². The van der Waals surface area contributed by atoms with Gasteiger partial charge < -0.3 is 19.7 Å². The van der Waals surface area contributed by atoms with Crippen molar-refractivity contribution in [3.63, 3.8) is 0 Å². The number of carbonyl (C=O) groups is 3. The number of rotatable bonds is 3. The van der Waals surface area contributed by atoms with E-state index in [2.05, 4.69) is 25.8 Å². The third-order valence-electron chi connectivity index (χ3n) is 4.97. The summed E-state index contributed by atoms with van der Waals surface area (Å²) in [6.07, 6.45) is 3.79. The number of fused-ring (bicyclic) bond motifs is 1. The molecule has 1 aliphatic heterocycles. The maximum absolute atomic E-state index is 12.4. The Bertz CT molecular complexity index is 1110. The monoisotopic (exact) mass is 427 g/mol. The van der Waals surface area contributed by atoms with E-state index in [4.69, 9.17) is 19.8 Å². The maximum Gasteiger partial charge on any atom is 0.414 e. The standard InChI is InChI=1S/C18H19N5O2.C2H2O4/c24-17-6-5-15(20-21-17)18(25)22-9-7-13(8-10-22)11-23-12-19-14-3-1-2-4-16(14)23;3-1(4)2(5)6/h1-6,12-13H,7-11H2,(H,21,24);(H,3,4)(H,5,6). The van der Waals surface area contributed by atoms with Crippen molar-refractivity contribution in [2.24, 2.45) is 5.92 Å². The molecule has 1 aromatic carbocycles. The first-order chi connectivity index (χ1) is 14.8. The Morgan fingerprint density at radius 3 is 2.32 bits per heavy atom. The third kappa shape index (κ3) is 5.53. The molecule has 2 aromatic heterocycles. The molecular formula is C20H21N5O6. The van der Waals surface area contributed by atoms with Crippen LogP contribution in [0.15, 0.2) is 47.5 Å². The van der Waals surface area contributed by atoms with Crippen LogP contribution in [0.2, 0.25) is 0 Å². The lowest BCUT2D eigenvalue weighted by atomic mass is 9.96. The SMILES string of the molecule is O=C(O)C(=O)O.O=C(c1ccc(=O)[nH]n1)N1CCC(Cn2cnc3ccccc32)CC1. The average molecular weight is 427 g/mol. The van der Waals surface area contributed by atoms with Gasteiger partial charge in [-0.05, 0) is 37.0 Å². The fraction of sp³-hybridized carbons (Fsp3) is 0.300. The van der Waals surface area contributed by atoms with Crippen LogP contribution in [0.25, 0.3) is 11.0 Å². The Labute approximate surface area is 175 Å². The zero-order chi connectivity index (χ0) is 22.4. The van der Waals surface area contributed by atoms with Crippen molar-refractivity contribution in [2.75, 3.05) is 13.1 Å². The first kappa shape index (κ1) is 21.7. The highest BCUT2D eigenvalue weighted by Crippen LogP contribution is 2.22. The number of para-hydroxylation sites is 2. The molecule has 11 heteroatoms. The average Bonchev–Trinajstić information content (AvgIpc) is 3.17. The van der Waals surface area contributed by atoms with Gasteiger partial charge in [-0.15, -0.1) is 0 Å². The van der Waals surface area contributed by atoms with E-state index in [1.54, 1.807) is 0 Å². The van der Waals surface area contributed by atoms with Crippen LogP contribution in [0.5, 0.6) is 0 Å². The van der Waals surface area contributed by atoms with E-state index in [0.717, 1.165) is 30.4 Å². The lowest BCUT2D eigenvalue weighted by Gasteiger charge is -2.32. The normalized spacial score (nSPS) is 14.0. The number of hydrogen-bond acceptors (Lipinski definition) is 6. The largest absolute Gasteiger partial charge is 0.473 e. The van der Waals surface area contributed by atoms with Gasteiger partial charge in [0.25, 0.3) is 11.5 Å². The summed E-state index contributed by atoms with van der Waals surface area (Å²) >= 11 is 0. The second kappa shape index (κ2) is 9.65. The fourth-order valence-corrected chi connectivity index (χ4v) is 3.38. The molecule has 0 bridgehead atoms. The summed E-state index contributed by atoms with van der Waals surface area (Å²) in [6, 6.07) is 10.9. The molecule has 0 unspecified atom stereocenters. The van der Waals surface area contributed by atoms with Crippen molar-refractivity contribution in [1.29, 1.82) is 0 Å². The molecule has 0 saturated carbocycles. The van der Waals surface area contributed by atoms with Gasteiger partial charge in [-0.2, -0.15) is 5.10 Å². The molecule has 0 spiro atoms. The molecule has 1 amide bonds. The number of aliphatic carboxylic acids is 2. The van der Waals surface area contributed by atoms with Crippen molar-refractivity contribution in [1.82, 2.24) is 24.6 Å². The molecule has 0 aliphatic carbocycles. The van der Waals surface area contributed by atoms with Gasteiger partial charge in [0.1, 0.15) is 5.69 Å². The molecule has 11 nitrogen and oxygen atoms in total. The van der Waals surface area contributed by atoms with Gasteiger partial charge in [0, 0.05) is 25.7 Å². The van der Waals surface area contributed by atoms with E-state index in [1.165, 1.54) is 12.1 Å². The third-order valence-corrected chi connectivity index (χ3v) is 4.97. The second-order valence-corrected chi connectivity index (χ2v) is 7.04. The number of likely N-dealkylation sites (tertiary alicyclic amines) is 1. The molecule has 1 aliphatic rings. The Morgan fingerprint density at radius 2 is 1.71 bits per heavy atom. The smallest absolute Gasteiger partial charge is 0.414 e. The highest BCUT2D eigenvalue weighted by molar-refractivity contribution is 6.27. The van der Waals surface area contributed by atoms with E-state index in [-0.39, 0.29) is 11.5 Å². The van der Waals surface area contributed by atoms with E-state index in [1.807, 2.05) is 29.4 Å². The number of aromatic amines is 1. The van der Waals surface area contributed by atoms with E-state index < -0.39 is 11.9 Å².